The molecule has 27 heavy (non-hydrogen) atoms. The summed E-state index contributed by atoms with van der Waals surface area (Å²) < 4.78 is 16.6. The van der Waals surface area contributed by atoms with Gasteiger partial charge in [0, 0.05) is 38.6 Å². The van der Waals surface area contributed by atoms with Crippen LogP contribution in [0.15, 0.2) is 21.3 Å². The topological polar surface area (TPSA) is 77.7 Å². The maximum atomic E-state index is 12.5. The van der Waals surface area contributed by atoms with Gasteiger partial charge in [0.05, 0.1) is 11.2 Å². The quantitative estimate of drug-likeness (QED) is 0.780. The van der Waals surface area contributed by atoms with E-state index in [2.05, 4.69) is 10.1 Å². The number of thiophene rings is 1. The number of nitrogens with zero attached hydrogens (tertiary/aromatic N) is 3. The lowest BCUT2D eigenvalue weighted by Crippen LogP contribution is -2.51. The number of hydrogen-bond acceptors (Lipinski definition) is 7. The molecule has 1 atom stereocenters. The Balaban J connectivity index is 1.33. The SMILES string of the molecule is COCc1noc(CC2CCOC3(CCN(C(=O)c4ccsc4)CC3)C2)n1. The first-order chi connectivity index (χ1) is 13.2. The van der Waals surface area contributed by atoms with Crippen LogP contribution in [0.25, 0.3) is 0 Å². The molecule has 2 saturated heterocycles. The zero-order valence-corrected chi connectivity index (χ0v) is 16.4. The zero-order chi connectivity index (χ0) is 18.7. The molecular formula is C19H25N3O4S. The third-order valence-corrected chi connectivity index (χ3v) is 6.26. The molecule has 0 saturated carbocycles. The summed E-state index contributed by atoms with van der Waals surface area (Å²) in [5.74, 6) is 1.87. The summed E-state index contributed by atoms with van der Waals surface area (Å²) in [4.78, 5) is 18.9. The third-order valence-electron chi connectivity index (χ3n) is 5.57. The summed E-state index contributed by atoms with van der Waals surface area (Å²) in [5, 5.41) is 7.81. The van der Waals surface area contributed by atoms with E-state index in [4.69, 9.17) is 14.0 Å². The van der Waals surface area contributed by atoms with E-state index in [1.54, 1.807) is 18.4 Å². The molecule has 8 heteroatoms. The Morgan fingerprint density at radius 3 is 3.04 bits per heavy atom. The monoisotopic (exact) mass is 391 g/mol. The Labute approximate surface area is 162 Å². The smallest absolute Gasteiger partial charge is 0.254 e. The number of amides is 1. The highest BCUT2D eigenvalue weighted by Crippen LogP contribution is 2.39. The van der Waals surface area contributed by atoms with Crippen molar-refractivity contribution in [1.29, 1.82) is 0 Å². The zero-order valence-electron chi connectivity index (χ0n) is 15.6. The second kappa shape index (κ2) is 8.08. The van der Waals surface area contributed by atoms with Crippen LogP contribution in [0.4, 0.5) is 0 Å². The molecule has 4 rings (SSSR count). The molecule has 7 nitrogen and oxygen atoms in total. The summed E-state index contributed by atoms with van der Waals surface area (Å²) >= 11 is 1.56. The molecule has 0 N–H and O–H groups in total. The highest BCUT2D eigenvalue weighted by Gasteiger charge is 2.41. The molecule has 2 aliphatic heterocycles. The van der Waals surface area contributed by atoms with E-state index in [-0.39, 0.29) is 11.5 Å². The second-order valence-electron chi connectivity index (χ2n) is 7.44. The van der Waals surface area contributed by atoms with Gasteiger partial charge in [-0.1, -0.05) is 5.16 Å². The standard InChI is InChI=1S/C19H25N3O4S/c1-24-12-16-20-17(26-21-16)10-14-2-8-25-19(11-14)4-6-22(7-5-19)18(23)15-3-9-27-13-15/h3,9,13-14H,2,4-8,10-12H2,1H3. The van der Waals surface area contributed by atoms with Crippen LogP contribution in [0.3, 0.4) is 0 Å². The van der Waals surface area contributed by atoms with Crippen LogP contribution in [0, 0.1) is 5.92 Å². The maximum absolute atomic E-state index is 12.5. The van der Waals surface area contributed by atoms with Crippen LogP contribution in [0.2, 0.25) is 0 Å². The number of carbonyl (C=O) groups excluding carboxylic acids is 1. The van der Waals surface area contributed by atoms with Crippen LogP contribution in [0.1, 0.15) is 47.8 Å². The average Bonchev–Trinajstić information content (AvgIpc) is 3.35. The molecular weight excluding hydrogens is 366 g/mol. The molecule has 1 unspecified atom stereocenters. The molecule has 1 amide bonds. The van der Waals surface area contributed by atoms with E-state index in [1.165, 1.54) is 0 Å². The Bertz CT molecular complexity index is 753. The van der Waals surface area contributed by atoms with Crippen molar-refractivity contribution in [1.82, 2.24) is 15.0 Å². The molecule has 2 aliphatic rings. The number of hydrogen-bond donors (Lipinski definition) is 0. The van der Waals surface area contributed by atoms with Gasteiger partial charge in [-0.25, -0.2) is 0 Å². The predicted octanol–water partition coefficient (Wildman–Crippen LogP) is 2.92. The van der Waals surface area contributed by atoms with Gasteiger partial charge in [0.2, 0.25) is 5.89 Å². The first kappa shape index (κ1) is 18.6. The van der Waals surface area contributed by atoms with E-state index in [9.17, 15) is 4.79 Å². The van der Waals surface area contributed by atoms with Crippen molar-refractivity contribution in [2.45, 2.75) is 44.3 Å². The molecule has 0 bridgehead atoms. The van der Waals surface area contributed by atoms with Crippen molar-refractivity contribution in [3.8, 4) is 0 Å². The minimum atomic E-state index is -0.121. The van der Waals surface area contributed by atoms with Crippen LogP contribution in [-0.4, -0.2) is 53.4 Å². The molecule has 2 fully saturated rings. The largest absolute Gasteiger partial charge is 0.377 e. The fraction of sp³-hybridized carbons (Fsp3) is 0.632. The molecule has 2 aromatic rings. The van der Waals surface area contributed by atoms with Crippen LogP contribution >= 0.6 is 11.3 Å². The van der Waals surface area contributed by atoms with Crippen molar-refractivity contribution in [2.75, 3.05) is 26.8 Å². The first-order valence-electron chi connectivity index (χ1n) is 9.43. The summed E-state index contributed by atoms with van der Waals surface area (Å²) in [6.07, 6.45) is 4.53. The summed E-state index contributed by atoms with van der Waals surface area (Å²) in [5.41, 5.74) is 0.672. The molecule has 0 radical (unpaired) electrons. The van der Waals surface area contributed by atoms with Gasteiger partial charge in [-0.05, 0) is 43.0 Å². The van der Waals surface area contributed by atoms with Gasteiger partial charge in [-0.15, -0.1) is 0 Å². The second-order valence-corrected chi connectivity index (χ2v) is 8.22. The first-order valence-corrected chi connectivity index (χ1v) is 10.4. The van der Waals surface area contributed by atoms with E-state index < -0.39 is 0 Å². The molecule has 0 aromatic carbocycles. The van der Waals surface area contributed by atoms with Gasteiger partial charge in [0.25, 0.3) is 5.91 Å². The number of aromatic nitrogens is 2. The van der Waals surface area contributed by atoms with Gasteiger partial charge < -0.3 is 18.9 Å². The minimum Gasteiger partial charge on any atom is -0.377 e. The molecule has 1 spiro atoms. The summed E-state index contributed by atoms with van der Waals surface area (Å²) in [7, 11) is 1.62. The fourth-order valence-electron chi connectivity index (χ4n) is 4.15. The number of likely N-dealkylation sites (tertiary alicyclic amines) is 1. The van der Waals surface area contributed by atoms with Gasteiger partial charge in [0.1, 0.15) is 6.61 Å². The van der Waals surface area contributed by atoms with Gasteiger partial charge in [-0.2, -0.15) is 16.3 Å². The van der Waals surface area contributed by atoms with Crippen molar-refractivity contribution in [3.63, 3.8) is 0 Å². The minimum absolute atomic E-state index is 0.121. The van der Waals surface area contributed by atoms with Gasteiger partial charge >= 0.3 is 0 Å². The van der Waals surface area contributed by atoms with Crippen molar-refractivity contribution >= 4 is 17.2 Å². The fourth-order valence-corrected chi connectivity index (χ4v) is 4.78. The van der Waals surface area contributed by atoms with Crippen LogP contribution in [0.5, 0.6) is 0 Å². The van der Waals surface area contributed by atoms with Crippen LogP contribution < -0.4 is 0 Å². The summed E-state index contributed by atoms with van der Waals surface area (Å²) in [6, 6.07) is 1.90. The lowest BCUT2D eigenvalue weighted by atomic mass is 9.78. The highest BCUT2D eigenvalue weighted by molar-refractivity contribution is 7.08. The lowest BCUT2D eigenvalue weighted by molar-refractivity contribution is -0.123. The van der Waals surface area contributed by atoms with Gasteiger partial charge in [0.15, 0.2) is 5.82 Å². The number of piperidine rings is 1. The average molecular weight is 391 g/mol. The van der Waals surface area contributed by atoms with Crippen molar-refractivity contribution < 1.29 is 18.8 Å². The Hall–Kier alpha value is -1.77. The van der Waals surface area contributed by atoms with Gasteiger partial charge in [-0.3, -0.25) is 4.79 Å². The van der Waals surface area contributed by atoms with E-state index in [0.717, 1.165) is 57.4 Å². The highest BCUT2D eigenvalue weighted by atomic mass is 32.1. The van der Waals surface area contributed by atoms with E-state index >= 15 is 0 Å². The maximum Gasteiger partial charge on any atom is 0.254 e. The molecule has 4 heterocycles. The van der Waals surface area contributed by atoms with E-state index in [1.807, 2.05) is 21.7 Å². The predicted molar refractivity (Wildman–Crippen MR) is 99.6 cm³/mol. The lowest BCUT2D eigenvalue weighted by Gasteiger charge is -2.46. The van der Waals surface area contributed by atoms with Crippen molar-refractivity contribution in [3.05, 3.63) is 34.1 Å². The van der Waals surface area contributed by atoms with Crippen LogP contribution in [-0.2, 0) is 22.5 Å². The number of ether oxygens (including phenoxy) is 2. The number of methoxy groups -OCH3 is 1. The Morgan fingerprint density at radius 2 is 2.30 bits per heavy atom. The molecule has 2 aromatic heterocycles. The molecule has 146 valence electrons. The van der Waals surface area contributed by atoms with E-state index in [0.29, 0.717) is 24.2 Å². The number of carbonyl (C=O) groups is 1. The number of rotatable bonds is 5. The summed E-state index contributed by atoms with van der Waals surface area (Å²) in [6.45, 7) is 2.62. The Kier molecular flexibility index (Phi) is 5.56. The third kappa shape index (κ3) is 4.23. The molecule has 0 aliphatic carbocycles. The Morgan fingerprint density at radius 1 is 1.44 bits per heavy atom. The van der Waals surface area contributed by atoms with Crippen molar-refractivity contribution in [2.24, 2.45) is 5.92 Å². The normalized spacial score (nSPS) is 22.3.